The first-order valence-electron chi connectivity index (χ1n) is 7.91. The minimum atomic E-state index is -0.622. The molecule has 0 aromatic heterocycles. The quantitative estimate of drug-likeness (QED) is 0.231. The molecule has 0 spiro atoms. The molecule has 0 aliphatic heterocycles. The van der Waals surface area contributed by atoms with E-state index in [2.05, 4.69) is 21.1 Å². The Balaban J connectivity index is 1.75. The molecule has 0 amide bonds. The van der Waals surface area contributed by atoms with Gasteiger partial charge in [-0.15, -0.1) is 0 Å². The van der Waals surface area contributed by atoms with Crippen LogP contribution < -0.4 is 4.74 Å². The third kappa shape index (κ3) is 6.23. The molecule has 2 rings (SSSR count). The van der Waals surface area contributed by atoms with Gasteiger partial charge >= 0.3 is 5.97 Å². The fourth-order valence-corrected chi connectivity index (χ4v) is 2.75. The van der Waals surface area contributed by atoms with Crippen LogP contribution in [0.5, 0.6) is 5.75 Å². The van der Waals surface area contributed by atoms with Crippen molar-refractivity contribution in [2.75, 3.05) is 6.61 Å². The molecule has 0 saturated carbocycles. The van der Waals surface area contributed by atoms with Crippen molar-refractivity contribution in [3.8, 4) is 5.75 Å². The van der Waals surface area contributed by atoms with Gasteiger partial charge < -0.3 is 14.7 Å². The van der Waals surface area contributed by atoms with Gasteiger partial charge in [-0.3, -0.25) is 0 Å². The minimum Gasteiger partial charge on any atom is -0.492 e. The Morgan fingerprint density at radius 3 is 2.64 bits per heavy atom. The van der Waals surface area contributed by atoms with E-state index in [1.54, 1.807) is 0 Å². The summed E-state index contributed by atoms with van der Waals surface area (Å²) in [5.74, 6) is 0.114. The third-order valence-corrected chi connectivity index (χ3v) is 4.09. The Hall–Kier alpha value is -2.34. The van der Waals surface area contributed by atoms with Crippen LogP contribution in [0.3, 0.4) is 0 Å². The number of oxime groups is 1. The van der Waals surface area contributed by atoms with Crippen LogP contribution in [-0.2, 0) is 16.1 Å². The Bertz CT molecular complexity index is 731. The van der Waals surface area contributed by atoms with Gasteiger partial charge in [0.15, 0.2) is 5.71 Å². The maximum absolute atomic E-state index is 11.9. The SMILES string of the molecule is Cc1ccc(OCCC/C(=N/O)C(=O)OCc2ccccc2)c(Br)c1. The second kappa shape index (κ2) is 9.84. The summed E-state index contributed by atoms with van der Waals surface area (Å²) in [6.07, 6.45) is 0.799. The zero-order valence-corrected chi connectivity index (χ0v) is 15.5. The Morgan fingerprint density at radius 2 is 1.96 bits per heavy atom. The van der Waals surface area contributed by atoms with Gasteiger partial charge in [0.25, 0.3) is 0 Å². The first kappa shape index (κ1) is 19.0. The molecular weight excluding hydrogens is 386 g/mol. The Morgan fingerprint density at radius 1 is 1.20 bits per heavy atom. The average molecular weight is 406 g/mol. The average Bonchev–Trinajstić information content (AvgIpc) is 2.62. The molecule has 6 heteroatoms. The number of esters is 1. The van der Waals surface area contributed by atoms with Crippen molar-refractivity contribution in [3.63, 3.8) is 0 Å². The van der Waals surface area contributed by atoms with E-state index >= 15 is 0 Å². The highest BCUT2D eigenvalue weighted by atomic mass is 79.9. The number of halogens is 1. The lowest BCUT2D eigenvalue weighted by atomic mass is 10.2. The number of rotatable bonds is 8. The van der Waals surface area contributed by atoms with Gasteiger partial charge in [-0.05, 0) is 52.5 Å². The normalized spacial score (nSPS) is 11.2. The van der Waals surface area contributed by atoms with Gasteiger partial charge in [-0.25, -0.2) is 4.79 Å². The third-order valence-electron chi connectivity index (χ3n) is 3.47. The molecule has 0 fully saturated rings. The zero-order chi connectivity index (χ0) is 18.1. The first-order valence-corrected chi connectivity index (χ1v) is 8.70. The molecule has 0 aliphatic carbocycles. The molecule has 0 aliphatic rings. The van der Waals surface area contributed by atoms with E-state index in [0.29, 0.717) is 13.0 Å². The number of ether oxygens (including phenoxy) is 2. The van der Waals surface area contributed by atoms with Crippen LogP contribution in [0.2, 0.25) is 0 Å². The summed E-state index contributed by atoms with van der Waals surface area (Å²) in [5, 5.41) is 12.1. The smallest absolute Gasteiger partial charge is 0.356 e. The standard InChI is InChI=1S/C19H20BrNO4/c1-14-9-10-18(16(20)12-14)24-11-5-8-17(21-23)19(22)25-13-15-6-3-2-4-7-15/h2-4,6-7,9-10,12,23H,5,8,11,13H2,1H3/b21-17-. The van der Waals surface area contributed by atoms with Crippen LogP contribution in [0.4, 0.5) is 0 Å². The minimum absolute atomic E-state index is 0.0116. The van der Waals surface area contributed by atoms with Crippen molar-refractivity contribution in [3.05, 3.63) is 64.1 Å². The van der Waals surface area contributed by atoms with Gasteiger partial charge in [0, 0.05) is 6.42 Å². The first-order chi connectivity index (χ1) is 12.1. The molecule has 0 bridgehead atoms. The molecule has 0 heterocycles. The molecule has 132 valence electrons. The number of carbonyl (C=O) groups excluding carboxylic acids is 1. The molecule has 0 atom stereocenters. The van der Waals surface area contributed by atoms with Crippen LogP contribution in [-0.4, -0.2) is 23.5 Å². The van der Waals surface area contributed by atoms with Crippen molar-refractivity contribution in [1.82, 2.24) is 0 Å². The second-order valence-electron chi connectivity index (χ2n) is 5.49. The number of aryl methyl sites for hydroxylation is 1. The summed E-state index contributed by atoms with van der Waals surface area (Å²) in [4.78, 5) is 11.9. The summed E-state index contributed by atoms with van der Waals surface area (Å²) < 4.78 is 11.7. The maximum Gasteiger partial charge on any atom is 0.356 e. The van der Waals surface area contributed by atoms with Gasteiger partial charge in [0.05, 0.1) is 11.1 Å². The number of benzene rings is 2. The predicted molar refractivity (Wildman–Crippen MR) is 99.1 cm³/mol. The van der Waals surface area contributed by atoms with Crippen LogP contribution in [0.15, 0.2) is 58.2 Å². The van der Waals surface area contributed by atoms with E-state index in [-0.39, 0.29) is 18.7 Å². The molecule has 0 saturated heterocycles. The van der Waals surface area contributed by atoms with Gasteiger partial charge in [0.1, 0.15) is 12.4 Å². The fourth-order valence-electron chi connectivity index (χ4n) is 2.14. The lowest BCUT2D eigenvalue weighted by Gasteiger charge is -2.09. The summed E-state index contributed by atoms with van der Waals surface area (Å²) in [6, 6.07) is 15.1. The molecule has 25 heavy (non-hydrogen) atoms. The molecule has 0 unspecified atom stereocenters. The zero-order valence-electron chi connectivity index (χ0n) is 13.9. The highest BCUT2D eigenvalue weighted by Crippen LogP contribution is 2.25. The molecular formula is C19H20BrNO4. The number of hydrogen-bond acceptors (Lipinski definition) is 5. The van der Waals surface area contributed by atoms with E-state index in [0.717, 1.165) is 21.3 Å². The van der Waals surface area contributed by atoms with Gasteiger partial charge in [-0.2, -0.15) is 0 Å². The van der Waals surface area contributed by atoms with Crippen molar-refractivity contribution < 1.29 is 19.5 Å². The van der Waals surface area contributed by atoms with Crippen molar-refractivity contribution >= 4 is 27.6 Å². The fraction of sp³-hybridized carbons (Fsp3) is 0.263. The van der Waals surface area contributed by atoms with E-state index < -0.39 is 5.97 Å². The van der Waals surface area contributed by atoms with Crippen molar-refractivity contribution in [1.29, 1.82) is 0 Å². The van der Waals surface area contributed by atoms with Gasteiger partial charge in [-0.1, -0.05) is 41.6 Å². The molecule has 2 aromatic rings. The highest BCUT2D eigenvalue weighted by Gasteiger charge is 2.14. The highest BCUT2D eigenvalue weighted by molar-refractivity contribution is 9.10. The lowest BCUT2D eigenvalue weighted by molar-refractivity contribution is -0.137. The summed E-state index contributed by atoms with van der Waals surface area (Å²) in [5.41, 5.74) is 2.00. The van der Waals surface area contributed by atoms with Crippen LogP contribution in [0.25, 0.3) is 0 Å². The summed E-state index contributed by atoms with van der Waals surface area (Å²) in [6.45, 7) is 2.54. The van der Waals surface area contributed by atoms with Gasteiger partial charge in [0.2, 0.25) is 0 Å². The van der Waals surface area contributed by atoms with E-state index in [1.807, 2.05) is 55.5 Å². The number of carbonyl (C=O) groups is 1. The van der Waals surface area contributed by atoms with Crippen LogP contribution in [0.1, 0.15) is 24.0 Å². The van der Waals surface area contributed by atoms with Crippen molar-refractivity contribution in [2.24, 2.45) is 5.16 Å². The van der Waals surface area contributed by atoms with E-state index in [4.69, 9.17) is 14.7 Å². The molecule has 5 nitrogen and oxygen atoms in total. The number of hydrogen-bond donors (Lipinski definition) is 1. The van der Waals surface area contributed by atoms with E-state index in [9.17, 15) is 4.79 Å². The second-order valence-corrected chi connectivity index (χ2v) is 6.35. The van der Waals surface area contributed by atoms with Crippen LogP contribution in [0, 0.1) is 6.92 Å². The monoisotopic (exact) mass is 405 g/mol. The van der Waals surface area contributed by atoms with Crippen molar-refractivity contribution in [2.45, 2.75) is 26.4 Å². The summed E-state index contributed by atoms with van der Waals surface area (Å²) in [7, 11) is 0. The Kier molecular flexibility index (Phi) is 7.47. The van der Waals surface area contributed by atoms with E-state index in [1.165, 1.54) is 0 Å². The number of nitrogens with zero attached hydrogens (tertiary/aromatic N) is 1. The summed E-state index contributed by atoms with van der Waals surface area (Å²) >= 11 is 3.44. The molecule has 2 aromatic carbocycles. The molecule has 0 radical (unpaired) electrons. The Labute approximate surface area is 155 Å². The molecule has 1 N–H and O–H groups in total. The largest absolute Gasteiger partial charge is 0.492 e. The maximum atomic E-state index is 11.9. The van der Waals surface area contributed by atoms with Crippen LogP contribution >= 0.6 is 15.9 Å². The topological polar surface area (TPSA) is 68.1 Å². The predicted octanol–water partition coefficient (Wildman–Crippen LogP) is 4.49. The lowest BCUT2D eigenvalue weighted by Crippen LogP contribution is -2.18.